The van der Waals surface area contributed by atoms with Crippen molar-refractivity contribution in [2.75, 3.05) is 20.2 Å². The molecule has 2 unspecified atom stereocenters. The van der Waals surface area contributed by atoms with Crippen LogP contribution in [0, 0.1) is 0 Å². The van der Waals surface area contributed by atoms with Gasteiger partial charge in [0.05, 0.1) is 7.11 Å². The summed E-state index contributed by atoms with van der Waals surface area (Å²) in [5, 5.41) is 0. The SMILES string of the molecule is CCc1cc(C(=O)N2CC(N)C(c3ccc(OC)cc3)C2)cc(=O)[nH]1. The molecule has 132 valence electrons. The summed E-state index contributed by atoms with van der Waals surface area (Å²) < 4.78 is 5.18. The number of benzene rings is 1. The van der Waals surface area contributed by atoms with E-state index in [1.165, 1.54) is 6.07 Å². The highest BCUT2D eigenvalue weighted by Gasteiger charge is 2.34. The predicted molar refractivity (Wildman–Crippen MR) is 96.1 cm³/mol. The van der Waals surface area contributed by atoms with Gasteiger partial charge in [-0.2, -0.15) is 0 Å². The Kier molecular flexibility index (Phi) is 4.90. The maximum Gasteiger partial charge on any atom is 0.254 e. The molecule has 1 saturated heterocycles. The normalized spacial score (nSPS) is 19.9. The number of rotatable bonds is 4. The predicted octanol–water partition coefficient (Wildman–Crippen LogP) is 1.51. The lowest BCUT2D eigenvalue weighted by Gasteiger charge is -2.17. The molecule has 1 aliphatic rings. The van der Waals surface area contributed by atoms with Gasteiger partial charge in [-0.25, -0.2) is 0 Å². The largest absolute Gasteiger partial charge is 0.497 e. The van der Waals surface area contributed by atoms with Crippen molar-refractivity contribution in [1.29, 1.82) is 0 Å². The summed E-state index contributed by atoms with van der Waals surface area (Å²) in [6, 6.07) is 10.7. The number of hydrogen-bond donors (Lipinski definition) is 2. The van der Waals surface area contributed by atoms with Gasteiger partial charge in [-0.05, 0) is 30.2 Å². The summed E-state index contributed by atoms with van der Waals surface area (Å²) in [6.07, 6.45) is 0.671. The highest BCUT2D eigenvalue weighted by molar-refractivity contribution is 5.94. The van der Waals surface area contributed by atoms with Gasteiger partial charge in [0.25, 0.3) is 5.91 Å². The number of ether oxygens (including phenoxy) is 1. The van der Waals surface area contributed by atoms with E-state index in [0.29, 0.717) is 25.1 Å². The lowest BCUT2D eigenvalue weighted by atomic mass is 9.95. The number of nitrogens with zero attached hydrogens (tertiary/aromatic N) is 1. The van der Waals surface area contributed by atoms with Crippen LogP contribution < -0.4 is 16.0 Å². The van der Waals surface area contributed by atoms with Gasteiger partial charge in [-0.3, -0.25) is 9.59 Å². The first-order valence-electron chi connectivity index (χ1n) is 8.44. The fourth-order valence-corrected chi connectivity index (χ4v) is 3.30. The van der Waals surface area contributed by atoms with E-state index in [-0.39, 0.29) is 23.4 Å². The fraction of sp³-hybridized carbons (Fsp3) is 0.368. The molecule has 0 aliphatic carbocycles. The molecule has 6 heteroatoms. The molecule has 0 bridgehead atoms. The number of carbonyl (C=O) groups is 1. The maximum atomic E-state index is 12.8. The molecule has 2 heterocycles. The Balaban J connectivity index is 1.79. The van der Waals surface area contributed by atoms with Crippen LogP contribution in [0.5, 0.6) is 5.75 Å². The number of likely N-dealkylation sites (tertiary alicyclic amines) is 1. The van der Waals surface area contributed by atoms with Gasteiger partial charge in [-0.1, -0.05) is 19.1 Å². The first kappa shape index (κ1) is 17.2. The van der Waals surface area contributed by atoms with Crippen LogP contribution in [0.2, 0.25) is 0 Å². The van der Waals surface area contributed by atoms with Crippen LogP contribution in [0.3, 0.4) is 0 Å². The van der Waals surface area contributed by atoms with Crippen molar-refractivity contribution >= 4 is 5.91 Å². The quantitative estimate of drug-likeness (QED) is 0.882. The molecule has 1 amide bonds. The second-order valence-electron chi connectivity index (χ2n) is 6.37. The third kappa shape index (κ3) is 3.58. The number of aromatic amines is 1. The molecule has 1 aliphatic heterocycles. The maximum absolute atomic E-state index is 12.8. The number of pyridine rings is 1. The van der Waals surface area contributed by atoms with Crippen molar-refractivity contribution in [3.8, 4) is 5.75 Å². The van der Waals surface area contributed by atoms with Gasteiger partial charge < -0.3 is 20.4 Å². The molecule has 3 rings (SSSR count). The Morgan fingerprint density at radius 3 is 2.64 bits per heavy atom. The van der Waals surface area contributed by atoms with Crippen LogP contribution in [-0.4, -0.2) is 42.0 Å². The summed E-state index contributed by atoms with van der Waals surface area (Å²) in [6.45, 7) is 2.95. The van der Waals surface area contributed by atoms with Crippen LogP contribution in [0.4, 0.5) is 0 Å². The van der Waals surface area contributed by atoms with E-state index in [2.05, 4.69) is 4.98 Å². The molecule has 0 spiro atoms. The van der Waals surface area contributed by atoms with Crippen molar-refractivity contribution in [1.82, 2.24) is 9.88 Å². The molecule has 2 aromatic rings. The first-order chi connectivity index (χ1) is 12.0. The lowest BCUT2D eigenvalue weighted by Crippen LogP contribution is -2.32. The third-order valence-electron chi connectivity index (χ3n) is 4.72. The third-order valence-corrected chi connectivity index (χ3v) is 4.72. The molecular formula is C19H23N3O3. The molecule has 0 saturated carbocycles. The summed E-state index contributed by atoms with van der Waals surface area (Å²) in [5.74, 6) is 0.716. The van der Waals surface area contributed by atoms with Crippen LogP contribution in [-0.2, 0) is 6.42 Å². The Hall–Kier alpha value is -2.60. The molecule has 6 nitrogen and oxygen atoms in total. The lowest BCUT2D eigenvalue weighted by molar-refractivity contribution is 0.0788. The second kappa shape index (κ2) is 7.11. The van der Waals surface area contributed by atoms with E-state index < -0.39 is 0 Å². The monoisotopic (exact) mass is 341 g/mol. The first-order valence-corrected chi connectivity index (χ1v) is 8.44. The molecule has 2 atom stereocenters. The Morgan fingerprint density at radius 2 is 2.00 bits per heavy atom. The minimum atomic E-state index is -0.252. The molecular weight excluding hydrogens is 318 g/mol. The second-order valence-corrected chi connectivity index (χ2v) is 6.37. The van der Waals surface area contributed by atoms with Crippen molar-refractivity contribution in [3.63, 3.8) is 0 Å². The summed E-state index contributed by atoms with van der Waals surface area (Å²) in [4.78, 5) is 29.0. The zero-order chi connectivity index (χ0) is 18.0. The van der Waals surface area contributed by atoms with Crippen LogP contribution in [0.1, 0.15) is 34.5 Å². The van der Waals surface area contributed by atoms with E-state index in [1.54, 1.807) is 18.1 Å². The van der Waals surface area contributed by atoms with Gasteiger partial charge in [0, 0.05) is 42.4 Å². The van der Waals surface area contributed by atoms with Gasteiger partial charge in [-0.15, -0.1) is 0 Å². The zero-order valence-corrected chi connectivity index (χ0v) is 14.5. The fourth-order valence-electron chi connectivity index (χ4n) is 3.30. The molecule has 0 radical (unpaired) electrons. The number of aromatic nitrogens is 1. The van der Waals surface area contributed by atoms with Crippen LogP contribution in [0.15, 0.2) is 41.2 Å². The molecule has 25 heavy (non-hydrogen) atoms. The van der Waals surface area contributed by atoms with Gasteiger partial charge >= 0.3 is 0 Å². The van der Waals surface area contributed by atoms with Gasteiger partial charge in [0.1, 0.15) is 5.75 Å². The Labute approximate surface area is 146 Å². The van der Waals surface area contributed by atoms with Gasteiger partial charge in [0.2, 0.25) is 5.56 Å². The summed E-state index contributed by atoms with van der Waals surface area (Å²) in [7, 11) is 1.63. The van der Waals surface area contributed by atoms with Crippen LogP contribution >= 0.6 is 0 Å². The van der Waals surface area contributed by atoms with Crippen LogP contribution in [0.25, 0.3) is 0 Å². The summed E-state index contributed by atoms with van der Waals surface area (Å²) >= 11 is 0. The van der Waals surface area contributed by atoms with Crippen molar-refractivity contribution in [2.24, 2.45) is 5.73 Å². The molecule has 1 aromatic carbocycles. The van der Waals surface area contributed by atoms with E-state index >= 15 is 0 Å². The minimum Gasteiger partial charge on any atom is -0.497 e. The van der Waals surface area contributed by atoms with Gasteiger partial charge in [0.15, 0.2) is 0 Å². The average molecular weight is 341 g/mol. The number of nitrogens with two attached hydrogens (primary N) is 1. The number of amides is 1. The zero-order valence-electron chi connectivity index (χ0n) is 14.5. The minimum absolute atomic E-state index is 0.0718. The van der Waals surface area contributed by atoms with Crippen molar-refractivity contribution < 1.29 is 9.53 Å². The average Bonchev–Trinajstić information content (AvgIpc) is 3.02. The Bertz CT molecular complexity index is 813. The van der Waals surface area contributed by atoms with Crippen molar-refractivity contribution in [2.45, 2.75) is 25.3 Å². The standard InChI is InChI=1S/C19H23N3O3/c1-3-14-8-13(9-18(23)21-14)19(24)22-10-16(17(20)11-22)12-4-6-15(25-2)7-5-12/h4-9,16-17H,3,10-11,20H2,1-2H3,(H,21,23). The molecule has 1 fully saturated rings. The van der Waals surface area contributed by atoms with E-state index in [0.717, 1.165) is 17.0 Å². The number of hydrogen-bond acceptors (Lipinski definition) is 4. The molecule has 3 N–H and O–H groups in total. The van der Waals surface area contributed by atoms with E-state index in [9.17, 15) is 9.59 Å². The highest BCUT2D eigenvalue weighted by Crippen LogP contribution is 2.28. The molecule has 1 aromatic heterocycles. The number of carbonyl (C=O) groups excluding carboxylic acids is 1. The number of nitrogens with one attached hydrogen (secondary N) is 1. The number of methoxy groups -OCH3 is 1. The topological polar surface area (TPSA) is 88.4 Å². The van der Waals surface area contributed by atoms with Crippen molar-refractivity contribution in [3.05, 3.63) is 63.6 Å². The number of H-pyrrole nitrogens is 1. The smallest absolute Gasteiger partial charge is 0.254 e. The Morgan fingerprint density at radius 1 is 1.28 bits per heavy atom. The van der Waals surface area contributed by atoms with E-state index in [1.807, 2.05) is 31.2 Å². The number of aryl methyl sites for hydroxylation is 1. The summed E-state index contributed by atoms with van der Waals surface area (Å²) in [5.41, 5.74) is 8.29. The van der Waals surface area contributed by atoms with E-state index in [4.69, 9.17) is 10.5 Å². The highest BCUT2D eigenvalue weighted by atomic mass is 16.5.